The molecule has 0 atom stereocenters. The van der Waals surface area contributed by atoms with Gasteiger partial charge in [-0.15, -0.1) is 0 Å². The number of amides is 1. The number of hydrogen-bond donors (Lipinski definition) is 2. The van der Waals surface area contributed by atoms with E-state index in [4.69, 9.17) is 11.6 Å². The summed E-state index contributed by atoms with van der Waals surface area (Å²) in [7, 11) is 0. The first-order valence-corrected chi connectivity index (χ1v) is 6.88. The fourth-order valence-corrected chi connectivity index (χ4v) is 2.21. The highest BCUT2D eigenvalue weighted by Crippen LogP contribution is 2.19. The Kier molecular flexibility index (Phi) is 4.39. The molecular formula is C14H17ClN4O. The predicted octanol–water partition coefficient (Wildman–Crippen LogP) is 3.28. The molecule has 0 bridgehead atoms. The molecule has 0 aliphatic carbocycles. The van der Waals surface area contributed by atoms with E-state index in [9.17, 15) is 4.79 Å². The standard InChI is InChI=1S/C14H17ClN4O/c1-4-5-11-6-10(7-12(15)16-11)14(20)17-13-8(2)18-19-9(13)3/h6-7H,4-5H2,1-3H3,(H,17,20)(H,18,19). The SMILES string of the molecule is CCCc1cc(C(=O)Nc2c(C)n[nH]c2C)cc(Cl)n1. The zero-order chi connectivity index (χ0) is 14.7. The third kappa shape index (κ3) is 3.17. The number of rotatable bonds is 4. The molecule has 0 radical (unpaired) electrons. The van der Waals surface area contributed by atoms with Crippen molar-refractivity contribution in [2.45, 2.75) is 33.6 Å². The number of H-pyrrole nitrogens is 1. The highest BCUT2D eigenvalue weighted by molar-refractivity contribution is 6.29. The van der Waals surface area contributed by atoms with Gasteiger partial charge in [0.2, 0.25) is 0 Å². The van der Waals surface area contributed by atoms with Gasteiger partial charge in [-0.05, 0) is 32.4 Å². The van der Waals surface area contributed by atoms with Crippen LogP contribution in [-0.4, -0.2) is 21.1 Å². The van der Waals surface area contributed by atoms with Crippen molar-refractivity contribution in [2.75, 3.05) is 5.32 Å². The van der Waals surface area contributed by atoms with Crippen LogP contribution in [0.2, 0.25) is 5.15 Å². The number of halogens is 1. The number of pyridine rings is 1. The number of hydrogen-bond acceptors (Lipinski definition) is 3. The lowest BCUT2D eigenvalue weighted by atomic mass is 10.1. The highest BCUT2D eigenvalue weighted by Gasteiger charge is 2.13. The third-order valence-electron chi connectivity index (χ3n) is 2.98. The Hall–Kier alpha value is -1.88. The smallest absolute Gasteiger partial charge is 0.255 e. The van der Waals surface area contributed by atoms with Crippen LogP contribution < -0.4 is 5.32 Å². The normalized spacial score (nSPS) is 10.6. The van der Waals surface area contributed by atoms with E-state index >= 15 is 0 Å². The van der Waals surface area contributed by atoms with Crippen LogP contribution in [0.4, 0.5) is 5.69 Å². The van der Waals surface area contributed by atoms with Crippen LogP contribution >= 0.6 is 11.6 Å². The molecule has 0 saturated carbocycles. The minimum Gasteiger partial charge on any atom is -0.319 e. The quantitative estimate of drug-likeness (QED) is 0.850. The Morgan fingerprint density at radius 2 is 2.15 bits per heavy atom. The second-order valence-corrected chi connectivity index (χ2v) is 5.07. The molecule has 2 aromatic rings. The zero-order valence-corrected chi connectivity index (χ0v) is 12.5. The van der Waals surface area contributed by atoms with Gasteiger partial charge in [0, 0.05) is 11.3 Å². The van der Waals surface area contributed by atoms with Crippen LogP contribution in [0.1, 0.15) is 40.8 Å². The van der Waals surface area contributed by atoms with E-state index < -0.39 is 0 Å². The lowest BCUT2D eigenvalue weighted by Gasteiger charge is -2.07. The van der Waals surface area contributed by atoms with Gasteiger partial charge in [-0.1, -0.05) is 24.9 Å². The molecule has 20 heavy (non-hydrogen) atoms. The zero-order valence-electron chi connectivity index (χ0n) is 11.7. The molecule has 2 aromatic heterocycles. The molecule has 0 saturated heterocycles. The molecule has 0 fully saturated rings. The second kappa shape index (κ2) is 6.05. The van der Waals surface area contributed by atoms with E-state index in [1.165, 1.54) is 0 Å². The third-order valence-corrected chi connectivity index (χ3v) is 3.18. The van der Waals surface area contributed by atoms with Gasteiger partial charge in [0.25, 0.3) is 5.91 Å². The Balaban J connectivity index is 2.25. The van der Waals surface area contributed by atoms with Crippen molar-refractivity contribution in [3.8, 4) is 0 Å². The molecule has 0 aromatic carbocycles. The monoisotopic (exact) mass is 292 g/mol. The van der Waals surface area contributed by atoms with Gasteiger partial charge in [-0.3, -0.25) is 9.89 Å². The van der Waals surface area contributed by atoms with E-state index in [0.717, 1.165) is 29.9 Å². The van der Waals surface area contributed by atoms with Crippen molar-refractivity contribution in [2.24, 2.45) is 0 Å². The summed E-state index contributed by atoms with van der Waals surface area (Å²) in [5.74, 6) is -0.209. The topological polar surface area (TPSA) is 70.7 Å². The van der Waals surface area contributed by atoms with Gasteiger partial charge in [0.1, 0.15) is 5.15 Å². The summed E-state index contributed by atoms with van der Waals surface area (Å²) in [6, 6.07) is 3.34. The molecule has 106 valence electrons. The van der Waals surface area contributed by atoms with Crippen LogP contribution in [0.15, 0.2) is 12.1 Å². The lowest BCUT2D eigenvalue weighted by molar-refractivity contribution is 0.102. The van der Waals surface area contributed by atoms with Crippen LogP contribution in [0.3, 0.4) is 0 Å². The van der Waals surface area contributed by atoms with E-state index in [-0.39, 0.29) is 5.91 Å². The summed E-state index contributed by atoms with van der Waals surface area (Å²) in [6.45, 7) is 5.75. The van der Waals surface area contributed by atoms with E-state index in [1.54, 1.807) is 12.1 Å². The van der Waals surface area contributed by atoms with Gasteiger partial charge in [-0.25, -0.2) is 4.98 Å². The number of nitrogens with zero attached hydrogens (tertiary/aromatic N) is 2. The van der Waals surface area contributed by atoms with Crippen molar-refractivity contribution in [1.82, 2.24) is 15.2 Å². The maximum absolute atomic E-state index is 12.3. The Morgan fingerprint density at radius 1 is 1.40 bits per heavy atom. The molecule has 0 aliphatic heterocycles. The number of anilines is 1. The van der Waals surface area contributed by atoms with Crippen LogP contribution in [0, 0.1) is 13.8 Å². The maximum atomic E-state index is 12.3. The summed E-state index contributed by atoms with van der Waals surface area (Å²) in [4.78, 5) is 16.5. The lowest BCUT2D eigenvalue weighted by Crippen LogP contribution is -2.14. The second-order valence-electron chi connectivity index (χ2n) is 4.68. The first kappa shape index (κ1) is 14.5. The first-order chi connectivity index (χ1) is 9.51. The van der Waals surface area contributed by atoms with Gasteiger partial charge >= 0.3 is 0 Å². The predicted molar refractivity (Wildman–Crippen MR) is 79.3 cm³/mol. The minimum atomic E-state index is -0.209. The van der Waals surface area contributed by atoms with Crippen molar-refractivity contribution in [1.29, 1.82) is 0 Å². The minimum absolute atomic E-state index is 0.209. The summed E-state index contributed by atoms with van der Waals surface area (Å²) >= 11 is 5.96. The maximum Gasteiger partial charge on any atom is 0.255 e. The van der Waals surface area contributed by atoms with Crippen molar-refractivity contribution < 1.29 is 4.79 Å². The Labute approximate surface area is 122 Å². The molecule has 1 amide bonds. The molecule has 0 spiro atoms. The van der Waals surface area contributed by atoms with Crippen molar-refractivity contribution in [3.63, 3.8) is 0 Å². The molecule has 2 rings (SSSR count). The fourth-order valence-electron chi connectivity index (χ4n) is 1.99. The number of aromatic amines is 1. The molecule has 0 unspecified atom stereocenters. The Morgan fingerprint density at radius 3 is 2.75 bits per heavy atom. The summed E-state index contributed by atoms with van der Waals surface area (Å²) in [5, 5.41) is 10.1. The number of nitrogens with one attached hydrogen (secondary N) is 2. The molecule has 2 heterocycles. The number of carbonyl (C=O) groups excluding carboxylic acids is 1. The van der Waals surface area contributed by atoms with Crippen LogP contribution in [-0.2, 0) is 6.42 Å². The molecule has 0 aliphatic rings. The molecule has 6 heteroatoms. The number of aryl methyl sites for hydroxylation is 3. The largest absolute Gasteiger partial charge is 0.319 e. The van der Waals surface area contributed by atoms with Gasteiger partial charge < -0.3 is 5.32 Å². The van der Waals surface area contributed by atoms with Crippen molar-refractivity contribution in [3.05, 3.63) is 39.9 Å². The van der Waals surface area contributed by atoms with Crippen LogP contribution in [0.25, 0.3) is 0 Å². The van der Waals surface area contributed by atoms with E-state index in [2.05, 4.69) is 27.4 Å². The summed E-state index contributed by atoms with van der Waals surface area (Å²) in [6.07, 6.45) is 1.75. The summed E-state index contributed by atoms with van der Waals surface area (Å²) < 4.78 is 0. The summed E-state index contributed by atoms with van der Waals surface area (Å²) in [5.41, 5.74) is 3.62. The van der Waals surface area contributed by atoms with Crippen LogP contribution in [0.5, 0.6) is 0 Å². The van der Waals surface area contributed by atoms with Gasteiger partial charge in [0.05, 0.1) is 17.1 Å². The number of aromatic nitrogens is 3. The average molecular weight is 293 g/mol. The van der Waals surface area contributed by atoms with Crippen molar-refractivity contribution >= 4 is 23.2 Å². The van der Waals surface area contributed by atoms with Gasteiger partial charge in [-0.2, -0.15) is 5.10 Å². The molecule has 5 nitrogen and oxygen atoms in total. The van der Waals surface area contributed by atoms with E-state index in [0.29, 0.717) is 16.4 Å². The van der Waals surface area contributed by atoms with Gasteiger partial charge in [0.15, 0.2) is 0 Å². The number of carbonyl (C=O) groups is 1. The molecular weight excluding hydrogens is 276 g/mol. The molecule has 2 N–H and O–H groups in total. The Bertz CT molecular complexity index is 617. The first-order valence-electron chi connectivity index (χ1n) is 6.50. The highest BCUT2D eigenvalue weighted by atomic mass is 35.5. The van der Waals surface area contributed by atoms with E-state index in [1.807, 2.05) is 13.8 Å². The average Bonchev–Trinajstić information content (AvgIpc) is 2.70. The fraction of sp³-hybridized carbons (Fsp3) is 0.357.